The third-order valence-corrected chi connectivity index (χ3v) is 3.10. The number of nitrogens with two attached hydrogens (primary N) is 1. The van der Waals surface area contributed by atoms with Crippen LogP contribution in [0.3, 0.4) is 0 Å². The van der Waals surface area contributed by atoms with Crippen LogP contribution in [0.5, 0.6) is 11.5 Å². The topological polar surface area (TPSA) is 88.1 Å². The number of fused-ring (bicyclic) bond motifs is 1. The monoisotopic (exact) mass is 285 g/mol. The number of anilines is 1. The van der Waals surface area contributed by atoms with Crippen LogP contribution in [0.2, 0.25) is 0 Å². The Bertz CT molecular complexity index is 767. The Balaban J connectivity index is 1.79. The number of benzene rings is 1. The molecule has 108 valence electrons. The molecule has 0 atom stereocenters. The molecule has 0 spiro atoms. The minimum atomic E-state index is 0.234. The van der Waals surface area contributed by atoms with Gasteiger partial charge in [-0.25, -0.2) is 9.97 Å². The summed E-state index contributed by atoms with van der Waals surface area (Å²) in [6.07, 6.45) is 1.65. The van der Waals surface area contributed by atoms with Crippen molar-refractivity contribution in [2.24, 2.45) is 7.05 Å². The van der Waals surface area contributed by atoms with Gasteiger partial charge < -0.3 is 15.2 Å². The second-order valence-corrected chi connectivity index (χ2v) is 4.49. The summed E-state index contributed by atoms with van der Waals surface area (Å²) in [6.45, 7) is 0.234. The van der Waals surface area contributed by atoms with E-state index in [1.165, 1.54) is 0 Å². The van der Waals surface area contributed by atoms with E-state index in [1.54, 1.807) is 18.0 Å². The van der Waals surface area contributed by atoms with Gasteiger partial charge in [0.15, 0.2) is 11.5 Å². The number of nitrogens with zero attached hydrogens (tertiary/aromatic N) is 4. The van der Waals surface area contributed by atoms with Gasteiger partial charge in [-0.2, -0.15) is 5.10 Å². The fourth-order valence-electron chi connectivity index (χ4n) is 1.98. The van der Waals surface area contributed by atoms with Gasteiger partial charge in [-0.3, -0.25) is 4.68 Å². The van der Waals surface area contributed by atoms with Crippen LogP contribution in [0.15, 0.2) is 30.5 Å². The highest BCUT2D eigenvalue weighted by Crippen LogP contribution is 2.19. The molecule has 3 aromatic rings. The van der Waals surface area contributed by atoms with Crippen molar-refractivity contribution >= 4 is 16.9 Å². The molecule has 0 radical (unpaired) electrons. The molecule has 0 aliphatic carbocycles. The zero-order valence-corrected chi connectivity index (χ0v) is 11.8. The maximum absolute atomic E-state index is 5.90. The van der Waals surface area contributed by atoms with Crippen molar-refractivity contribution < 1.29 is 9.47 Å². The van der Waals surface area contributed by atoms with Crippen LogP contribution in [0.1, 0.15) is 5.82 Å². The number of aryl methyl sites for hydroxylation is 1. The van der Waals surface area contributed by atoms with Gasteiger partial charge in [-0.05, 0) is 24.3 Å². The van der Waals surface area contributed by atoms with E-state index in [0.717, 1.165) is 11.1 Å². The van der Waals surface area contributed by atoms with Gasteiger partial charge in [0.25, 0.3) is 0 Å². The van der Waals surface area contributed by atoms with E-state index in [2.05, 4.69) is 15.1 Å². The lowest BCUT2D eigenvalue weighted by molar-refractivity contribution is 0.296. The number of aromatic nitrogens is 4. The molecule has 2 N–H and O–H groups in total. The zero-order chi connectivity index (χ0) is 14.8. The molecule has 0 unspecified atom stereocenters. The summed E-state index contributed by atoms with van der Waals surface area (Å²) in [5.41, 5.74) is 6.59. The molecule has 7 nitrogen and oxygen atoms in total. The van der Waals surface area contributed by atoms with E-state index < -0.39 is 0 Å². The van der Waals surface area contributed by atoms with Gasteiger partial charge in [0.2, 0.25) is 0 Å². The van der Waals surface area contributed by atoms with Crippen LogP contribution < -0.4 is 15.2 Å². The molecule has 0 saturated carbocycles. The highest BCUT2D eigenvalue weighted by atomic mass is 16.5. The summed E-state index contributed by atoms with van der Waals surface area (Å²) >= 11 is 0. The average Bonchev–Trinajstić information content (AvgIpc) is 2.88. The first-order chi connectivity index (χ1) is 10.2. The highest BCUT2D eigenvalue weighted by Gasteiger charge is 2.09. The molecular weight excluding hydrogens is 270 g/mol. The molecule has 2 aromatic heterocycles. The van der Waals surface area contributed by atoms with E-state index in [9.17, 15) is 0 Å². The molecule has 2 heterocycles. The summed E-state index contributed by atoms with van der Waals surface area (Å²) in [6, 6.07) is 7.30. The van der Waals surface area contributed by atoms with Crippen LogP contribution >= 0.6 is 0 Å². The van der Waals surface area contributed by atoms with Gasteiger partial charge in [0, 0.05) is 7.05 Å². The van der Waals surface area contributed by atoms with Gasteiger partial charge >= 0.3 is 0 Å². The molecule has 0 aliphatic heterocycles. The van der Waals surface area contributed by atoms with Crippen LogP contribution in [0, 0.1) is 0 Å². The number of ether oxygens (including phenoxy) is 2. The molecule has 0 fully saturated rings. The molecule has 0 saturated heterocycles. The van der Waals surface area contributed by atoms with Gasteiger partial charge in [0.1, 0.15) is 23.9 Å². The predicted molar refractivity (Wildman–Crippen MR) is 78.0 cm³/mol. The number of hydrogen-bond acceptors (Lipinski definition) is 6. The number of rotatable bonds is 4. The van der Waals surface area contributed by atoms with Crippen LogP contribution in [-0.2, 0) is 13.7 Å². The van der Waals surface area contributed by atoms with Gasteiger partial charge in [-0.15, -0.1) is 0 Å². The standard InChI is InChI=1S/C14H15N5O2/c1-19-14-11(7-16-19)13(15)17-12(18-14)8-21-10-5-3-9(20-2)4-6-10/h3-7H,8H2,1-2H3,(H2,15,17,18). The second kappa shape index (κ2) is 5.28. The summed E-state index contributed by atoms with van der Waals surface area (Å²) in [7, 11) is 3.43. The summed E-state index contributed by atoms with van der Waals surface area (Å²) < 4.78 is 12.4. The molecule has 0 bridgehead atoms. The lowest BCUT2D eigenvalue weighted by Gasteiger charge is -2.07. The van der Waals surface area contributed by atoms with E-state index in [0.29, 0.717) is 23.0 Å². The summed E-state index contributed by atoms with van der Waals surface area (Å²) in [4.78, 5) is 8.63. The smallest absolute Gasteiger partial charge is 0.170 e. The van der Waals surface area contributed by atoms with Crippen molar-refractivity contribution in [3.8, 4) is 11.5 Å². The Morgan fingerprint density at radius 2 is 1.86 bits per heavy atom. The summed E-state index contributed by atoms with van der Waals surface area (Å²) in [5, 5.41) is 4.86. The molecule has 21 heavy (non-hydrogen) atoms. The molecular formula is C14H15N5O2. The molecule has 7 heteroatoms. The van der Waals surface area contributed by atoms with Crippen molar-refractivity contribution in [2.45, 2.75) is 6.61 Å². The lowest BCUT2D eigenvalue weighted by Crippen LogP contribution is -2.06. The average molecular weight is 285 g/mol. The molecule has 3 rings (SSSR count). The largest absolute Gasteiger partial charge is 0.497 e. The predicted octanol–water partition coefficient (Wildman–Crippen LogP) is 1.53. The third kappa shape index (κ3) is 2.58. The Hall–Kier alpha value is -2.83. The molecule has 1 aromatic carbocycles. The fraction of sp³-hybridized carbons (Fsp3) is 0.214. The lowest BCUT2D eigenvalue weighted by atomic mass is 10.3. The minimum absolute atomic E-state index is 0.234. The Labute approximate surface area is 121 Å². The first-order valence-corrected chi connectivity index (χ1v) is 6.38. The Morgan fingerprint density at radius 1 is 1.14 bits per heavy atom. The van der Waals surface area contributed by atoms with Gasteiger partial charge in [-0.1, -0.05) is 0 Å². The zero-order valence-electron chi connectivity index (χ0n) is 11.8. The van der Waals surface area contributed by atoms with E-state index in [4.69, 9.17) is 15.2 Å². The SMILES string of the molecule is COc1ccc(OCc2nc(N)c3cnn(C)c3n2)cc1. The summed E-state index contributed by atoms with van der Waals surface area (Å²) in [5.74, 6) is 2.41. The number of nitrogen functional groups attached to an aromatic ring is 1. The van der Waals surface area contributed by atoms with Crippen LogP contribution in [-0.4, -0.2) is 26.9 Å². The first kappa shape index (κ1) is 13.2. The van der Waals surface area contributed by atoms with E-state index in [1.807, 2.05) is 31.3 Å². The number of methoxy groups -OCH3 is 1. The maximum atomic E-state index is 5.90. The van der Waals surface area contributed by atoms with Crippen LogP contribution in [0.25, 0.3) is 11.0 Å². The fourth-order valence-corrected chi connectivity index (χ4v) is 1.98. The first-order valence-electron chi connectivity index (χ1n) is 6.38. The van der Waals surface area contributed by atoms with Crippen molar-refractivity contribution in [1.82, 2.24) is 19.7 Å². The van der Waals surface area contributed by atoms with Crippen molar-refractivity contribution in [1.29, 1.82) is 0 Å². The Kier molecular flexibility index (Phi) is 3.31. The van der Waals surface area contributed by atoms with Crippen LogP contribution in [0.4, 0.5) is 5.82 Å². The van der Waals surface area contributed by atoms with Crippen molar-refractivity contribution in [2.75, 3.05) is 12.8 Å². The normalized spacial score (nSPS) is 10.8. The third-order valence-electron chi connectivity index (χ3n) is 3.10. The highest BCUT2D eigenvalue weighted by molar-refractivity contribution is 5.84. The van der Waals surface area contributed by atoms with Gasteiger partial charge in [0.05, 0.1) is 18.7 Å². The molecule has 0 amide bonds. The molecule has 0 aliphatic rings. The van der Waals surface area contributed by atoms with Crippen molar-refractivity contribution in [3.05, 3.63) is 36.3 Å². The minimum Gasteiger partial charge on any atom is -0.497 e. The van der Waals surface area contributed by atoms with E-state index >= 15 is 0 Å². The Morgan fingerprint density at radius 3 is 2.57 bits per heavy atom. The number of hydrogen-bond donors (Lipinski definition) is 1. The second-order valence-electron chi connectivity index (χ2n) is 4.49. The quantitative estimate of drug-likeness (QED) is 0.782. The maximum Gasteiger partial charge on any atom is 0.170 e. The van der Waals surface area contributed by atoms with Crippen molar-refractivity contribution in [3.63, 3.8) is 0 Å². The van der Waals surface area contributed by atoms with E-state index in [-0.39, 0.29) is 6.61 Å².